The highest BCUT2D eigenvalue weighted by atomic mass is 35.5. The highest BCUT2D eigenvalue weighted by Gasteiger charge is 2.34. The van der Waals surface area contributed by atoms with E-state index in [1.807, 2.05) is 30.0 Å². The topological polar surface area (TPSA) is 65.8 Å². The first-order valence-electron chi connectivity index (χ1n) is 12.3. The lowest BCUT2D eigenvalue weighted by molar-refractivity contribution is 0.0254. The van der Waals surface area contributed by atoms with Crippen LogP contribution in [0.4, 0.5) is 0 Å². The highest BCUT2D eigenvalue weighted by Crippen LogP contribution is 2.40. The molecule has 0 amide bonds. The largest absolute Gasteiger partial charge is 0.497 e. The summed E-state index contributed by atoms with van der Waals surface area (Å²) >= 11 is 8.38. The Morgan fingerprint density at radius 2 is 1.91 bits per heavy atom. The van der Waals surface area contributed by atoms with E-state index in [1.165, 1.54) is 10.5 Å². The average molecular weight is 515 g/mol. The van der Waals surface area contributed by atoms with E-state index in [2.05, 4.69) is 41.1 Å². The van der Waals surface area contributed by atoms with Crippen LogP contribution >= 0.6 is 23.4 Å². The van der Waals surface area contributed by atoms with Gasteiger partial charge in [-0.2, -0.15) is 0 Å². The molecule has 0 saturated carbocycles. The van der Waals surface area contributed by atoms with E-state index >= 15 is 0 Å². The van der Waals surface area contributed by atoms with Crippen LogP contribution in [0.3, 0.4) is 0 Å². The van der Waals surface area contributed by atoms with Crippen molar-refractivity contribution >= 4 is 34.3 Å². The second-order valence-corrected chi connectivity index (χ2v) is 11.2. The molecule has 5 nitrogen and oxygen atoms in total. The second kappa shape index (κ2) is 11.9. The van der Waals surface area contributed by atoms with Gasteiger partial charge in [-0.15, -0.1) is 11.8 Å². The lowest BCUT2D eigenvalue weighted by Gasteiger charge is -2.41. The van der Waals surface area contributed by atoms with Gasteiger partial charge in [0.25, 0.3) is 0 Å². The first-order valence-corrected chi connectivity index (χ1v) is 13.6. The number of hydrogen-bond donors (Lipinski definition) is 2. The number of likely N-dealkylation sites (tertiary alicyclic amines) is 1. The molecule has 35 heavy (non-hydrogen) atoms. The number of rotatable bonds is 10. The summed E-state index contributed by atoms with van der Waals surface area (Å²) in [5.74, 6) is 1.76. The molecular weight excluding hydrogens is 480 g/mol. The van der Waals surface area contributed by atoms with Gasteiger partial charge in [-0.05, 0) is 81.4 Å². The molecule has 0 aliphatic carbocycles. The molecule has 7 heteroatoms. The van der Waals surface area contributed by atoms with Crippen molar-refractivity contribution in [3.63, 3.8) is 0 Å². The van der Waals surface area contributed by atoms with E-state index in [4.69, 9.17) is 16.3 Å². The summed E-state index contributed by atoms with van der Waals surface area (Å²) in [6, 6.07) is 14.3. The number of thioether (sulfide) groups is 1. The third-order valence-electron chi connectivity index (χ3n) is 7.30. The molecule has 2 aromatic carbocycles. The summed E-state index contributed by atoms with van der Waals surface area (Å²) in [7, 11) is 1.62. The molecule has 0 spiro atoms. The van der Waals surface area contributed by atoms with Crippen molar-refractivity contribution in [2.75, 3.05) is 39.1 Å². The highest BCUT2D eigenvalue weighted by molar-refractivity contribution is 7.99. The van der Waals surface area contributed by atoms with Crippen LogP contribution in [0.15, 0.2) is 53.6 Å². The van der Waals surface area contributed by atoms with Crippen LogP contribution in [0.25, 0.3) is 10.9 Å². The molecule has 188 valence electrons. The lowest BCUT2D eigenvalue weighted by Crippen LogP contribution is -2.43. The number of benzene rings is 2. The molecule has 2 N–H and O–H groups in total. The minimum atomic E-state index is -0.729. The average Bonchev–Trinajstić information content (AvgIpc) is 2.89. The van der Waals surface area contributed by atoms with E-state index in [9.17, 15) is 10.2 Å². The van der Waals surface area contributed by atoms with Gasteiger partial charge in [0, 0.05) is 40.9 Å². The molecular formula is C28H35ClN2O3S. The third kappa shape index (κ3) is 6.49. The van der Waals surface area contributed by atoms with Crippen molar-refractivity contribution in [3.8, 4) is 5.75 Å². The van der Waals surface area contributed by atoms with Crippen LogP contribution in [0.1, 0.15) is 42.9 Å². The minimum Gasteiger partial charge on any atom is -0.497 e. The Bertz CT molecular complexity index is 1120. The van der Waals surface area contributed by atoms with Gasteiger partial charge >= 0.3 is 0 Å². The zero-order valence-electron chi connectivity index (χ0n) is 20.5. The molecule has 0 bridgehead atoms. The first kappa shape index (κ1) is 26.2. The SMILES string of the molecule is COc1ccc2ncc(Cl)c(C(O)CCC3(CO)CCN(CCSc4ccc(C)cc4)CC3)c2c1. The third-order valence-corrected chi connectivity index (χ3v) is 8.59. The van der Waals surface area contributed by atoms with Crippen LogP contribution < -0.4 is 4.74 Å². The first-order chi connectivity index (χ1) is 16.9. The number of aliphatic hydroxyl groups is 2. The smallest absolute Gasteiger partial charge is 0.119 e. The molecule has 1 atom stereocenters. The maximum absolute atomic E-state index is 11.1. The molecule has 2 heterocycles. The Balaban J connectivity index is 1.33. The maximum atomic E-state index is 11.1. The van der Waals surface area contributed by atoms with Gasteiger partial charge in [0.2, 0.25) is 0 Å². The Morgan fingerprint density at radius 3 is 2.60 bits per heavy atom. The molecule has 0 radical (unpaired) electrons. The van der Waals surface area contributed by atoms with Crippen molar-refractivity contribution < 1.29 is 14.9 Å². The van der Waals surface area contributed by atoms with Gasteiger partial charge in [0.15, 0.2) is 0 Å². The molecule has 1 fully saturated rings. The van der Waals surface area contributed by atoms with Crippen molar-refractivity contribution in [1.82, 2.24) is 9.88 Å². The predicted octanol–water partition coefficient (Wildman–Crippen LogP) is 5.89. The van der Waals surface area contributed by atoms with Crippen molar-refractivity contribution in [1.29, 1.82) is 0 Å². The summed E-state index contributed by atoms with van der Waals surface area (Å²) in [5.41, 5.74) is 2.59. The summed E-state index contributed by atoms with van der Waals surface area (Å²) in [6.45, 7) is 5.25. The van der Waals surface area contributed by atoms with E-state index in [0.717, 1.165) is 55.6 Å². The number of aromatic nitrogens is 1. The van der Waals surface area contributed by atoms with E-state index < -0.39 is 6.10 Å². The monoisotopic (exact) mass is 514 g/mol. The second-order valence-electron chi connectivity index (χ2n) is 9.62. The number of pyridine rings is 1. The van der Waals surface area contributed by atoms with Gasteiger partial charge in [-0.3, -0.25) is 4.98 Å². The molecule has 1 aliphatic rings. The van der Waals surface area contributed by atoms with Gasteiger partial charge in [0.1, 0.15) is 5.75 Å². The van der Waals surface area contributed by atoms with Crippen molar-refractivity contribution in [2.24, 2.45) is 5.41 Å². The fourth-order valence-corrected chi connectivity index (χ4v) is 6.08. The zero-order chi connectivity index (χ0) is 24.8. The van der Waals surface area contributed by atoms with Crippen LogP contribution in [-0.4, -0.2) is 59.2 Å². The Morgan fingerprint density at radius 1 is 1.17 bits per heavy atom. The number of methoxy groups -OCH3 is 1. The van der Waals surface area contributed by atoms with Crippen molar-refractivity contribution in [2.45, 2.75) is 43.6 Å². The Kier molecular flexibility index (Phi) is 8.95. The van der Waals surface area contributed by atoms with Crippen LogP contribution in [0.5, 0.6) is 5.75 Å². The predicted molar refractivity (Wildman–Crippen MR) is 145 cm³/mol. The molecule has 4 rings (SSSR count). The van der Waals surface area contributed by atoms with Gasteiger partial charge < -0.3 is 19.8 Å². The molecule has 1 aliphatic heterocycles. The number of nitrogens with zero attached hydrogens (tertiary/aromatic N) is 2. The Hall–Kier alpha value is -1.83. The van der Waals surface area contributed by atoms with E-state index in [0.29, 0.717) is 22.8 Å². The normalized spacial score (nSPS) is 16.9. The molecule has 1 unspecified atom stereocenters. The van der Waals surface area contributed by atoms with E-state index in [1.54, 1.807) is 13.3 Å². The number of hydrogen-bond acceptors (Lipinski definition) is 6. The minimum absolute atomic E-state index is 0.143. The number of aliphatic hydroxyl groups excluding tert-OH is 2. The van der Waals surface area contributed by atoms with Crippen LogP contribution in [0, 0.1) is 12.3 Å². The lowest BCUT2D eigenvalue weighted by atomic mass is 9.74. The van der Waals surface area contributed by atoms with E-state index in [-0.39, 0.29) is 12.0 Å². The zero-order valence-corrected chi connectivity index (χ0v) is 22.1. The molecule has 3 aromatic rings. The standard InChI is InChI=1S/C28H35ClN2O3S/c1-20-3-6-22(7-4-20)35-16-15-31-13-11-28(19-32,12-14-31)10-9-26(33)27-23-17-21(34-2)5-8-25(23)30-18-24(27)29/h3-8,17-18,26,32-33H,9-16,19H2,1-2H3. The number of fused-ring (bicyclic) bond motifs is 1. The quantitative estimate of drug-likeness (QED) is 0.329. The summed E-state index contributed by atoms with van der Waals surface area (Å²) in [5, 5.41) is 22.7. The fraction of sp³-hybridized carbons (Fsp3) is 0.464. The number of ether oxygens (including phenoxy) is 1. The summed E-state index contributed by atoms with van der Waals surface area (Å²) < 4.78 is 5.36. The van der Waals surface area contributed by atoms with Gasteiger partial charge in [-0.25, -0.2) is 0 Å². The number of halogens is 1. The summed E-state index contributed by atoms with van der Waals surface area (Å²) in [6.07, 6.45) is 4.03. The number of piperidine rings is 1. The van der Waals surface area contributed by atoms with Crippen LogP contribution in [-0.2, 0) is 0 Å². The fourth-order valence-electron chi connectivity index (χ4n) is 4.89. The summed E-state index contributed by atoms with van der Waals surface area (Å²) in [4.78, 5) is 8.19. The Labute approximate surface area is 217 Å². The maximum Gasteiger partial charge on any atom is 0.119 e. The molecule has 1 saturated heterocycles. The van der Waals surface area contributed by atoms with Gasteiger partial charge in [-0.1, -0.05) is 29.3 Å². The van der Waals surface area contributed by atoms with Crippen molar-refractivity contribution in [3.05, 3.63) is 64.8 Å². The number of aryl methyl sites for hydroxylation is 1. The molecule has 1 aromatic heterocycles. The van der Waals surface area contributed by atoms with Gasteiger partial charge in [0.05, 0.1) is 23.8 Å². The van der Waals surface area contributed by atoms with Crippen LogP contribution in [0.2, 0.25) is 5.02 Å².